The second kappa shape index (κ2) is 8.12. The summed E-state index contributed by atoms with van der Waals surface area (Å²) in [5.74, 6) is -0.694. The van der Waals surface area contributed by atoms with Crippen molar-refractivity contribution in [2.75, 3.05) is 10.6 Å². The Labute approximate surface area is 165 Å². The molecule has 0 fully saturated rings. The fourth-order valence-corrected chi connectivity index (χ4v) is 2.66. The number of phenolic OH excluding ortho intramolecular Hbond substituents is 1. The third kappa shape index (κ3) is 4.78. The van der Waals surface area contributed by atoms with Gasteiger partial charge in [0.1, 0.15) is 5.75 Å². The first-order valence-electron chi connectivity index (χ1n) is 7.89. The molecule has 0 bridgehead atoms. The normalized spacial score (nSPS) is 10.3. The maximum atomic E-state index is 12.4. The summed E-state index contributed by atoms with van der Waals surface area (Å²) in [4.78, 5) is 24.7. The van der Waals surface area contributed by atoms with Crippen LogP contribution in [0.2, 0.25) is 10.0 Å². The van der Waals surface area contributed by atoms with Crippen LogP contribution < -0.4 is 10.6 Å². The molecule has 0 saturated carbocycles. The average Bonchev–Trinajstić information content (AvgIpc) is 2.64. The van der Waals surface area contributed by atoms with Crippen molar-refractivity contribution >= 4 is 46.4 Å². The third-order valence-corrected chi connectivity index (χ3v) is 4.41. The molecular formula is C20H14Cl2N2O3. The summed E-state index contributed by atoms with van der Waals surface area (Å²) >= 11 is 11.8. The molecule has 7 heteroatoms. The van der Waals surface area contributed by atoms with Crippen LogP contribution in [0.5, 0.6) is 5.75 Å². The highest BCUT2D eigenvalue weighted by molar-refractivity contribution is 6.42. The van der Waals surface area contributed by atoms with Crippen molar-refractivity contribution < 1.29 is 14.7 Å². The van der Waals surface area contributed by atoms with E-state index in [1.54, 1.807) is 42.5 Å². The summed E-state index contributed by atoms with van der Waals surface area (Å²) in [5, 5.41) is 15.5. The standard InChI is InChI=1S/C20H14Cl2N2O3/c21-17-8-7-13(10-18(17)22)20(27)23-14-4-1-3-12(9-14)19(26)24-15-5-2-6-16(25)11-15/h1-11,25H,(H,23,27)(H,24,26). The lowest BCUT2D eigenvalue weighted by Crippen LogP contribution is -2.14. The van der Waals surface area contributed by atoms with E-state index in [4.69, 9.17) is 23.2 Å². The Kier molecular flexibility index (Phi) is 5.64. The number of amides is 2. The largest absolute Gasteiger partial charge is 0.508 e. The van der Waals surface area contributed by atoms with E-state index in [2.05, 4.69) is 10.6 Å². The van der Waals surface area contributed by atoms with E-state index in [1.165, 1.54) is 24.3 Å². The Morgan fingerprint density at radius 3 is 1.93 bits per heavy atom. The first-order valence-corrected chi connectivity index (χ1v) is 8.65. The zero-order valence-corrected chi connectivity index (χ0v) is 15.4. The van der Waals surface area contributed by atoms with E-state index in [-0.39, 0.29) is 22.6 Å². The van der Waals surface area contributed by atoms with Crippen LogP contribution in [0.3, 0.4) is 0 Å². The Hall–Kier alpha value is -3.02. The quantitative estimate of drug-likeness (QED) is 0.562. The Balaban J connectivity index is 1.73. The van der Waals surface area contributed by atoms with Gasteiger partial charge in [-0.1, -0.05) is 35.3 Å². The van der Waals surface area contributed by atoms with Gasteiger partial charge in [0.25, 0.3) is 11.8 Å². The highest BCUT2D eigenvalue weighted by atomic mass is 35.5. The molecule has 3 aromatic rings. The number of carbonyl (C=O) groups excluding carboxylic acids is 2. The molecule has 0 aromatic heterocycles. The van der Waals surface area contributed by atoms with E-state index in [0.29, 0.717) is 27.5 Å². The van der Waals surface area contributed by atoms with E-state index in [1.807, 2.05) is 0 Å². The molecule has 0 saturated heterocycles. The lowest BCUT2D eigenvalue weighted by Gasteiger charge is -2.09. The smallest absolute Gasteiger partial charge is 0.255 e. The molecule has 3 N–H and O–H groups in total. The lowest BCUT2D eigenvalue weighted by atomic mass is 10.1. The van der Waals surface area contributed by atoms with Crippen LogP contribution in [0.4, 0.5) is 11.4 Å². The molecule has 0 aliphatic heterocycles. The van der Waals surface area contributed by atoms with Crippen molar-refractivity contribution in [3.8, 4) is 5.75 Å². The number of hydrogen-bond acceptors (Lipinski definition) is 3. The van der Waals surface area contributed by atoms with Gasteiger partial charge < -0.3 is 15.7 Å². The number of anilines is 2. The Morgan fingerprint density at radius 2 is 1.30 bits per heavy atom. The molecular weight excluding hydrogens is 387 g/mol. The van der Waals surface area contributed by atoms with Crippen LogP contribution in [-0.4, -0.2) is 16.9 Å². The van der Waals surface area contributed by atoms with Crippen molar-refractivity contribution in [2.45, 2.75) is 0 Å². The van der Waals surface area contributed by atoms with Crippen LogP contribution in [0.25, 0.3) is 0 Å². The Bertz CT molecular complexity index is 1020. The molecule has 0 aliphatic carbocycles. The van der Waals surface area contributed by atoms with Crippen molar-refractivity contribution in [3.05, 3.63) is 87.9 Å². The predicted molar refractivity (Wildman–Crippen MR) is 107 cm³/mol. The predicted octanol–water partition coefficient (Wildman–Crippen LogP) is 5.20. The summed E-state index contributed by atoms with van der Waals surface area (Å²) < 4.78 is 0. The minimum atomic E-state index is -0.376. The number of benzene rings is 3. The van der Waals surface area contributed by atoms with Gasteiger partial charge in [-0.2, -0.15) is 0 Å². The molecule has 0 unspecified atom stereocenters. The Morgan fingerprint density at radius 1 is 0.704 bits per heavy atom. The second-order valence-corrected chi connectivity index (χ2v) is 6.48. The highest BCUT2D eigenvalue weighted by Crippen LogP contribution is 2.23. The topological polar surface area (TPSA) is 78.4 Å². The number of nitrogens with one attached hydrogen (secondary N) is 2. The fraction of sp³-hybridized carbons (Fsp3) is 0. The summed E-state index contributed by atoms with van der Waals surface area (Å²) in [6.45, 7) is 0. The van der Waals surface area contributed by atoms with Gasteiger partial charge in [-0.25, -0.2) is 0 Å². The zero-order valence-electron chi connectivity index (χ0n) is 13.9. The molecule has 0 radical (unpaired) electrons. The van der Waals surface area contributed by atoms with Gasteiger partial charge in [-0.3, -0.25) is 9.59 Å². The van der Waals surface area contributed by atoms with Crippen LogP contribution in [0, 0.1) is 0 Å². The summed E-state index contributed by atoms with van der Waals surface area (Å²) in [6, 6.07) is 17.3. The first-order chi connectivity index (χ1) is 12.9. The SMILES string of the molecule is O=C(Nc1cccc(O)c1)c1cccc(NC(=O)c2ccc(Cl)c(Cl)c2)c1. The van der Waals surface area contributed by atoms with Gasteiger partial charge in [0, 0.05) is 28.6 Å². The first kappa shape index (κ1) is 18.8. The average molecular weight is 401 g/mol. The molecule has 0 atom stereocenters. The van der Waals surface area contributed by atoms with Gasteiger partial charge >= 0.3 is 0 Å². The number of aromatic hydroxyl groups is 1. The number of phenols is 1. The summed E-state index contributed by atoms with van der Waals surface area (Å²) in [5.41, 5.74) is 1.61. The monoisotopic (exact) mass is 400 g/mol. The van der Waals surface area contributed by atoms with E-state index in [9.17, 15) is 14.7 Å². The van der Waals surface area contributed by atoms with Gasteiger partial charge in [0.15, 0.2) is 0 Å². The van der Waals surface area contributed by atoms with Crippen molar-refractivity contribution in [1.29, 1.82) is 0 Å². The third-order valence-electron chi connectivity index (χ3n) is 3.67. The maximum absolute atomic E-state index is 12.4. The highest BCUT2D eigenvalue weighted by Gasteiger charge is 2.11. The van der Waals surface area contributed by atoms with Gasteiger partial charge in [-0.15, -0.1) is 0 Å². The van der Waals surface area contributed by atoms with Crippen LogP contribution in [0.15, 0.2) is 66.7 Å². The van der Waals surface area contributed by atoms with Crippen LogP contribution in [-0.2, 0) is 0 Å². The minimum absolute atomic E-state index is 0.0513. The van der Waals surface area contributed by atoms with Crippen molar-refractivity contribution in [2.24, 2.45) is 0 Å². The fourth-order valence-electron chi connectivity index (χ4n) is 2.37. The van der Waals surface area contributed by atoms with E-state index < -0.39 is 0 Å². The molecule has 3 aromatic carbocycles. The van der Waals surface area contributed by atoms with Crippen molar-refractivity contribution in [1.82, 2.24) is 0 Å². The van der Waals surface area contributed by atoms with Crippen molar-refractivity contribution in [3.63, 3.8) is 0 Å². The number of carbonyl (C=O) groups is 2. The van der Waals surface area contributed by atoms with Gasteiger partial charge in [0.2, 0.25) is 0 Å². The molecule has 27 heavy (non-hydrogen) atoms. The maximum Gasteiger partial charge on any atom is 0.255 e. The molecule has 136 valence electrons. The molecule has 5 nitrogen and oxygen atoms in total. The lowest BCUT2D eigenvalue weighted by molar-refractivity contribution is 0.101. The van der Waals surface area contributed by atoms with Gasteiger partial charge in [0.05, 0.1) is 10.0 Å². The molecule has 0 spiro atoms. The van der Waals surface area contributed by atoms with Gasteiger partial charge in [-0.05, 0) is 48.5 Å². The van der Waals surface area contributed by atoms with E-state index in [0.717, 1.165) is 0 Å². The van der Waals surface area contributed by atoms with E-state index >= 15 is 0 Å². The molecule has 0 heterocycles. The zero-order chi connectivity index (χ0) is 19.4. The minimum Gasteiger partial charge on any atom is -0.508 e. The number of hydrogen-bond donors (Lipinski definition) is 3. The van der Waals surface area contributed by atoms with Crippen LogP contribution in [0.1, 0.15) is 20.7 Å². The summed E-state index contributed by atoms with van der Waals surface area (Å²) in [6.07, 6.45) is 0. The second-order valence-electron chi connectivity index (χ2n) is 5.67. The van der Waals surface area contributed by atoms with Crippen LogP contribution >= 0.6 is 23.2 Å². The summed E-state index contributed by atoms with van der Waals surface area (Å²) in [7, 11) is 0. The molecule has 2 amide bonds. The molecule has 0 aliphatic rings. The number of halogens is 2. The number of rotatable bonds is 4. The molecule has 3 rings (SSSR count).